The van der Waals surface area contributed by atoms with Crippen LogP contribution in [0.5, 0.6) is 0 Å². The van der Waals surface area contributed by atoms with Crippen LogP contribution in [-0.4, -0.2) is 43.0 Å². The highest BCUT2D eigenvalue weighted by molar-refractivity contribution is 6.36. The molecule has 1 amide bonds. The number of nitrogens with zero attached hydrogens (tertiary/aromatic N) is 1. The van der Waals surface area contributed by atoms with Crippen molar-refractivity contribution >= 4 is 22.9 Å². The summed E-state index contributed by atoms with van der Waals surface area (Å²) in [6, 6.07) is 11.3. The fourth-order valence-electron chi connectivity index (χ4n) is 5.01. The Morgan fingerprint density at radius 2 is 2.06 bits per heavy atom. The molecule has 1 atom stereocenters. The van der Waals surface area contributed by atoms with E-state index in [0.29, 0.717) is 35.2 Å². The van der Waals surface area contributed by atoms with Gasteiger partial charge in [-0.1, -0.05) is 24.6 Å². The first-order valence-corrected chi connectivity index (χ1v) is 11.7. The lowest BCUT2D eigenvalue weighted by Crippen LogP contribution is -2.41. The van der Waals surface area contributed by atoms with Gasteiger partial charge >= 0.3 is 0 Å². The average molecular weight is 436 g/mol. The SMILES string of the molecule is CC1CCCCN1CCNCCc1ccc2c(c1)COC2=C1C(=O)Nc2ccc(F)cc21. The number of anilines is 1. The first-order valence-electron chi connectivity index (χ1n) is 11.7. The Kier molecular flexibility index (Phi) is 5.98. The van der Waals surface area contributed by atoms with Gasteiger partial charge in [0.05, 0.1) is 5.57 Å². The molecule has 0 bridgehead atoms. The van der Waals surface area contributed by atoms with Gasteiger partial charge in [0.25, 0.3) is 5.91 Å². The molecule has 3 aliphatic heterocycles. The van der Waals surface area contributed by atoms with Gasteiger partial charge in [0.2, 0.25) is 0 Å². The third kappa shape index (κ3) is 4.17. The van der Waals surface area contributed by atoms with Crippen LogP contribution in [0.4, 0.5) is 10.1 Å². The predicted molar refractivity (Wildman–Crippen MR) is 125 cm³/mol. The van der Waals surface area contributed by atoms with Gasteiger partial charge in [-0.2, -0.15) is 0 Å². The molecule has 0 aromatic heterocycles. The molecule has 1 unspecified atom stereocenters. The molecule has 2 aromatic rings. The summed E-state index contributed by atoms with van der Waals surface area (Å²) >= 11 is 0. The zero-order valence-electron chi connectivity index (χ0n) is 18.5. The van der Waals surface area contributed by atoms with Gasteiger partial charge in [0.1, 0.15) is 18.2 Å². The number of benzene rings is 2. The molecule has 5 rings (SSSR count). The first-order chi connectivity index (χ1) is 15.6. The zero-order valence-corrected chi connectivity index (χ0v) is 18.5. The van der Waals surface area contributed by atoms with Crippen LogP contribution in [0.3, 0.4) is 0 Å². The van der Waals surface area contributed by atoms with E-state index < -0.39 is 0 Å². The van der Waals surface area contributed by atoms with Gasteiger partial charge in [-0.15, -0.1) is 0 Å². The topological polar surface area (TPSA) is 53.6 Å². The molecular weight excluding hydrogens is 405 g/mol. The lowest BCUT2D eigenvalue weighted by atomic mass is 9.98. The van der Waals surface area contributed by atoms with Crippen molar-refractivity contribution in [1.29, 1.82) is 0 Å². The lowest BCUT2D eigenvalue weighted by Gasteiger charge is -2.33. The van der Waals surface area contributed by atoms with Crippen LogP contribution in [-0.2, 0) is 22.6 Å². The van der Waals surface area contributed by atoms with Gasteiger partial charge in [0, 0.05) is 41.5 Å². The summed E-state index contributed by atoms with van der Waals surface area (Å²) in [7, 11) is 0. The summed E-state index contributed by atoms with van der Waals surface area (Å²) < 4.78 is 19.7. The Morgan fingerprint density at radius 1 is 1.16 bits per heavy atom. The number of fused-ring (bicyclic) bond motifs is 2. The largest absolute Gasteiger partial charge is 0.487 e. The van der Waals surface area contributed by atoms with Gasteiger partial charge in [-0.25, -0.2) is 4.39 Å². The Labute approximate surface area is 188 Å². The summed E-state index contributed by atoms with van der Waals surface area (Å²) in [5, 5.41) is 6.38. The average Bonchev–Trinajstić information content (AvgIpc) is 3.33. The third-order valence-electron chi connectivity index (χ3n) is 6.85. The quantitative estimate of drug-likeness (QED) is 0.528. The highest BCUT2D eigenvalue weighted by Crippen LogP contribution is 2.41. The van der Waals surface area contributed by atoms with Crippen molar-refractivity contribution in [2.45, 2.75) is 45.3 Å². The summed E-state index contributed by atoms with van der Waals surface area (Å²) in [6.07, 6.45) is 4.95. The highest BCUT2D eigenvalue weighted by atomic mass is 19.1. The first kappa shape index (κ1) is 21.2. The van der Waals surface area contributed by atoms with Gasteiger partial charge < -0.3 is 15.4 Å². The Balaban J connectivity index is 1.23. The maximum atomic E-state index is 13.8. The van der Waals surface area contributed by atoms with Crippen molar-refractivity contribution in [3.63, 3.8) is 0 Å². The molecule has 5 nitrogen and oxygen atoms in total. The number of rotatable bonds is 6. The summed E-state index contributed by atoms with van der Waals surface area (Å²) in [5.41, 5.74) is 4.85. The smallest absolute Gasteiger partial charge is 0.260 e. The molecule has 3 heterocycles. The van der Waals surface area contributed by atoms with E-state index in [1.54, 1.807) is 6.07 Å². The normalized spacial score (nSPS) is 22.4. The number of likely N-dealkylation sites (tertiary alicyclic amines) is 1. The monoisotopic (exact) mass is 435 g/mol. The number of halogens is 1. The van der Waals surface area contributed by atoms with E-state index in [9.17, 15) is 9.18 Å². The van der Waals surface area contributed by atoms with E-state index in [0.717, 1.165) is 37.2 Å². The number of ether oxygens (including phenoxy) is 1. The third-order valence-corrected chi connectivity index (χ3v) is 6.85. The number of carbonyl (C=O) groups is 1. The molecule has 6 heteroatoms. The molecule has 1 fully saturated rings. The Bertz CT molecular complexity index is 1070. The van der Waals surface area contributed by atoms with E-state index in [2.05, 4.69) is 34.6 Å². The van der Waals surface area contributed by atoms with Crippen LogP contribution < -0.4 is 10.6 Å². The molecule has 0 saturated carbocycles. The van der Waals surface area contributed by atoms with Crippen LogP contribution in [0.1, 0.15) is 48.4 Å². The number of piperidine rings is 1. The minimum Gasteiger partial charge on any atom is -0.487 e. The Hall–Kier alpha value is -2.70. The highest BCUT2D eigenvalue weighted by Gasteiger charge is 2.32. The second kappa shape index (κ2) is 9.04. The van der Waals surface area contributed by atoms with Gasteiger partial charge in [0.15, 0.2) is 0 Å². The van der Waals surface area contributed by atoms with Crippen LogP contribution in [0.15, 0.2) is 36.4 Å². The van der Waals surface area contributed by atoms with Crippen molar-refractivity contribution < 1.29 is 13.9 Å². The molecule has 2 N–H and O–H groups in total. The number of hydrogen-bond donors (Lipinski definition) is 2. The van der Waals surface area contributed by atoms with Gasteiger partial charge in [-0.05, 0) is 63.0 Å². The molecule has 1 saturated heterocycles. The fourth-order valence-corrected chi connectivity index (χ4v) is 5.01. The second-order valence-electron chi connectivity index (χ2n) is 9.01. The van der Waals surface area contributed by atoms with Gasteiger partial charge in [-0.3, -0.25) is 9.69 Å². The second-order valence-corrected chi connectivity index (χ2v) is 9.01. The minimum absolute atomic E-state index is 0.246. The van der Waals surface area contributed by atoms with Crippen LogP contribution in [0.25, 0.3) is 11.3 Å². The van der Waals surface area contributed by atoms with Crippen molar-refractivity contribution in [3.05, 3.63) is 64.5 Å². The maximum Gasteiger partial charge on any atom is 0.260 e. The van der Waals surface area contributed by atoms with Crippen LogP contribution >= 0.6 is 0 Å². The molecule has 32 heavy (non-hydrogen) atoms. The minimum atomic E-state index is -0.367. The molecule has 2 aromatic carbocycles. The van der Waals surface area contributed by atoms with Crippen molar-refractivity contribution in [3.8, 4) is 0 Å². The predicted octanol–water partition coefficient (Wildman–Crippen LogP) is 4.18. The van der Waals surface area contributed by atoms with Crippen molar-refractivity contribution in [2.24, 2.45) is 0 Å². The van der Waals surface area contributed by atoms with Crippen LogP contribution in [0, 0.1) is 5.82 Å². The summed E-state index contributed by atoms with van der Waals surface area (Å²) in [4.78, 5) is 15.1. The van der Waals surface area contributed by atoms with E-state index in [1.807, 2.05) is 6.07 Å². The molecule has 0 spiro atoms. The maximum absolute atomic E-state index is 13.8. The molecule has 3 aliphatic rings. The number of carbonyl (C=O) groups excluding carboxylic acids is 1. The number of nitrogens with one attached hydrogen (secondary N) is 2. The molecule has 0 aliphatic carbocycles. The summed E-state index contributed by atoms with van der Waals surface area (Å²) in [6.45, 7) is 7.05. The lowest BCUT2D eigenvalue weighted by molar-refractivity contribution is -0.110. The standard InChI is InChI=1S/C26H30FN3O2/c1-17-4-2-3-12-30(17)13-11-28-10-9-18-5-7-21-19(14-18)16-32-25(21)24-22-15-20(27)6-8-23(22)29-26(24)31/h5-8,14-15,17,28H,2-4,9-13,16H2,1H3,(H,29,31). The molecule has 168 valence electrons. The summed E-state index contributed by atoms with van der Waals surface area (Å²) in [5.74, 6) is -0.0684. The molecule has 0 radical (unpaired) electrons. The fraction of sp³-hybridized carbons (Fsp3) is 0.423. The van der Waals surface area contributed by atoms with E-state index in [1.165, 1.54) is 43.5 Å². The van der Waals surface area contributed by atoms with E-state index in [4.69, 9.17) is 4.74 Å². The number of amides is 1. The van der Waals surface area contributed by atoms with E-state index >= 15 is 0 Å². The van der Waals surface area contributed by atoms with E-state index in [-0.39, 0.29) is 11.7 Å². The van der Waals surface area contributed by atoms with Crippen LogP contribution in [0.2, 0.25) is 0 Å². The van der Waals surface area contributed by atoms with Crippen molar-refractivity contribution in [2.75, 3.05) is 31.5 Å². The molecular formula is C26H30FN3O2. The number of hydrogen-bond acceptors (Lipinski definition) is 4. The zero-order chi connectivity index (χ0) is 22.1. The van der Waals surface area contributed by atoms with Crippen molar-refractivity contribution in [1.82, 2.24) is 10.2 Å². The Morgan fingerprint density at radius 3 is 2.94 bits per heavy atom.